The van der Waals surface area contributed by atoms with Crippen LogP contribution in [0, 0.1) is 18.6 Å². The van der Waals surface area contributed by atoms with Gasteiger partial charge in [0.05, 0.1) is 11.4 Å². The van der Waals surface area contributed by atoms with Gasteiger partial charge in [0.2, 0.25) is 0 Å². The first-order valence-corrected chi connectivity index (χ1v) is 5.74. The molecule has 0 aliphatic carbocycles. The molecule has 1 amide bonds. The molecule has 0 aromatic heterocycles. The number of carbonyl (C=O) groups excluding carboxylic acids is 1. The summed E-state index contributed by atoms with van der Waals surface area (Å²) < 4.78 is 27.0. The van der Waals surface area contributed by atoms with Crippen LogP contribution in [0.25, 0.3) is 0 Å². The summed E-state index contributed by atoms with van der Waals surface area (Å²) in [5, 5.41) is 11.6. The van der Waals surface area contributed by atoms with Crippen molar-refractivity contribution in [1.29, 1.82) is 0 Å². The first-order valence-electron chi connectivity index (χ1n) is 5.74. The summed E-state index contributed by atoms with van der Waals surface area (Å²) in [6, 6.07) is 5.75. The van der Waals surface area contributed by atoms with E-state index in [4.69, 9.17) is 5.73 Å². The number of hydrogen-bond acceptors (Lipinski definition) is 3. The van der Waals surface area contributed by atoms with E-state index in [-0.39, 0.29) is 28.3 Å². The molecule has 0 aliphatic rings. The van der Waals surface area contributed by atoms with E-state index in [0.717, 1.165) is 18.2 Å². The summed E-state index contributed by atoms with van der Waals surface area (Å²) >= 11 is 0. The number of benzene rings is 2. The van der Waals surface area contributed by atoms with Crippen molar-refractivity contribution in [3.05, 3.63) is 53.1 Å². The maximum Gasteiger partial charge on any atom is 0.255 e. The molecule has 0 unspecified atom stereocenters. The van der Waals surface area contributed by atoms with Crippen molar-refractivity contribution in [1.82, 2.24) is 0 Å². The zero-order chi connectivity index (χ0) is 14.9. The molecule has 0 heterocycles. The lowest BCUT2D eigenvalue weighted by Crippen LogP contribution is -2.13. The summed E-state index contributed by atoms with van der Waals surface area (Å²) in [5.41, 5.74) is 5.49. The number of amides is 1. The highest BCUT2D eigenvalue weighted by atomic mass is 19.1. The van der Waals surface area contributed by atoms with Crippen LogP contribution in [0.3, 0.4) is 0 Å². The fourth-order valence-electron chi connectivity index (χ4n) is 1.62. The predicted octanol–water partition coefficient (Wildman–Crippen LogP) is 2.81. The van der Waals surface area contributed by atoms with Crippen LogP contribution < -0.4 is 11.1 Å². The molecule has 0 saturated heterocycles. The lowest BCUT2D eigenvalue weighted by Gasteiger charge is -2.08. The van der Waals surface area contributed by atoms with E-state index in [1.807, 2.05) is 0 Å². The molecule has 0 radical (unpaired) electrons. The van der Waals surface area contributed by atoms with Crippen molar-refractivity contribution in [3.63, 3.8) is 0 Å². The second-order valence-electron chi connectivity index (χ2n) is 4.31. The average molecular weight is 278 g/mol. The van der Waals surface area contributed by atoms with E-state index in [2.05, 4.69) is 5.32 Å². The third-order valence-corrected chi connectivity index (χ3v) is 2.79. The monoisotopic (exact) mass is 278 g/mol. The van der Waals surface area contributed by atoms with Gasteiger partial charge in [-0.15, -0.1) is 0 Å². The third-order valence-electron chi connectivity index (χ3n) is 2.79. The Balaban J connectivity index is 2.27. The smallest absolute Gasteiger partial charge is 0.255 e. The topological polar surface area (TPSA) is 75.4 Å². The number of nitrogens with two attached hydrogens (primary N) is 1. The second kappa shape index (κ2) is 5.16. The Hall–Kier alpha value is -2.63. The predicted molar refractivity (Wildman–Crippen MR) is 71.6 cm³/mol. The Bertz CT molecular complexity index is 687. The standard InChI is InChI=1S/C14H12F2N2O2/c1-7-4-10(16)12(6-9(7)15)18-14(20)8-2-3-11(17)13(19)5-8/h2-6,19H,17H2,1H3,(H,18,20). The number of rotatable bonds is 2. The van der Waals surface area contributed by atoms with Crippen molar-refractivity contribution >= 4 is 17.3 Å². The van der Waals surface area contributed by atoms with Crippen molar-refractivity contribution in [3.8, 4) is 5.75 Å². The molecule has 4 N–H and O–H groups in total. The molecule has 2 aromatic rings. The molecule has 0 bridgehead atoms. The lowest BCUT2D eigenvalue weighted by molar-refractivity contribution is 0.102. The molecular weight excluding hydrogens is 266 g/mol. The molecule has 0 spiro atoms. The van der Waals surface area contributed by atoms with Crippen molar-refractivity contribution < 1.29 is 18.7 Å². The quantitative estimate of drug-likeness (QED) is 0.584. The minimum atomic E-state index is -0.739. The fraction of sp³-hybridized carbons (Fsp3) is 0.0714. The van der Waals surface area contributed by atoms with Gasteiger partial charge < -0.3 is 16.2 Å². The minimum absolute atomic E-state index is 0.0806. The molecule has 4 nitrogen and oxygen atoms in total. The molecule has 104 valence electrons. The van der Waals surface area contributed by atoms with Gasteiger partial charge >= 0.3 is 0 Å². The molecule has 0 saturated carbocycles. The third kappa shape index (κ3) is 2.69. The molecular formula is C14H12F2N2O2. The van der Waals surface area contributed by atoms with Crippen LogP contribution >= 0.6 is 0 Å². The van der Waals surface area contributed by atoms with Gasteiger partial charge in [0.1, 0.15) is 17.4 Å². The Labute approximate surface area is 113 Å². The van der Waals surface area contributed by atoms with Gasteiger partial charge in [-0.2, -0.15) is 0 Å². The van der Waals surface area contributed by atoms with Gasteiger partial charge in [0.25, 0.3) is 5.91 Å². The maximum atomic E-state index is 13.6. The average Bonchev–Trinajstić information content (AvgIpc) is 2.39. The molecule has 0 fully saturated rings. The largest absolute Gasteiger partial charge is 0.506 e. The number of aromatic hydroxyl groups is 1. The first kappa shape index (κ1) is 13.8. The molecule has 0 aliphatic heterocycles. The molecule has 2 aromatic carbocycles. The van der Waals surface area contributed by atoms with E-state index in [1.165, 1.54) is 19.1 Å². The second-order valence-corrected chi connectivity index (χ2v) is 4.31. The van der Waals surface area contributed by atoms with Crippen LogP contribution in [-0.2, 0) is 0 Å². The summed E-state index contributed by atoms with van der Waals surface area (Å²) in [7, 11) is 0. The van der Waals surface area contributed by atoms with Crippen LogP contribution in [0.15, 0.2) is 30.3 Å². The van der Waals surface area contributed by atoms with Crippen molar-refractivity contribution in [2.45, 2.75) is 6.92 Å². The molecule has 6 heteroatoms. The van der Waals surface area contributed by atoms with E-state index >= 15 is 0 Å². The number of phenols is 1. The summed E-state index contributed by atoms with van der Waals surface area (Å²) in [4.78, 5) is 11.9. The number of phenolic OH excluding ortho intramolecular Hbond substituents is 1. The minimum Gasteiger partial charge on any atom is -0.506 e. The van der Waals surface area contributed by atoms with E-state index < -0.39 is 17.5 Å². The van der Waals surface area contributed by atoms with Gasteiger partial charge in [-0.3, -0.25) is 4.79 Å². The highest BCUT2D eigenvalue weighted by Crippen LogP contribution is 2.23. The van der Waals surface area contributed by atoms with E-state index in [0.29, 0.717) is 0 Å². The molecule has 2 rings (SSSR count). The number of aryl methyl sites for hydroxylation is 1. The number of nitrogens with one attached hydrogen (secondary N) is 1. The molecule has 20 heavy (non-hydrogen) atoms. The van der Waals surface area contributed by atoms with Crippen molar-refractivity contribution in [2.24, 2.45) is 0 Å². The number of anilines is 2. The van der Waals surface area contributed by atoms with Gasteiger partial charge in [0, 0.05) is 11.6 Å². The number of carbonyl (C=O) groups is 1. The van der Waals surface area contributed by atoms with Crippen LogP contribution in [0.1, 0.15) is 15.9 Å². The highest BCUT2D eigenvalue weighted by molar-refractivity contribution is 6.04. The highest BCUT2D eigenvalue weighted by Gasteiger charge is 2.13. The number of hydrogen-bond donors (Lipinski definition) is 3. The maximum absolute atomic E-state index is 13.6. The Morgan fingerprint density at radius 2 is 1.90 bits per heavy atom. The van der Waals surface area contributed by atoms with Gasteiger partial charge in [-0.05, 0) is 36.8 Å². The van der Waals surface area contributed by atoms with E-state index in [1.54, 1.807) is 0 Å². The normalized spacial score (nSPS) is 10.3. The van der Waals surface area contributed by atoms with Crippen LogP contribution in [0.2, 0.25) is 0 Å². The summed E-state index contributed by atoms with van der Waals surface area (Å²) in [5.74, 6) is -2.30. The number of nitrogen functional groups attached to an aromatic ring is 1. The Morgan fingerprint density at radius 1 is 1.20 bits per heavy atom. The lowest BCUT2D eigenvalue weighted by atomic mass is 10.1. The zero-order valence-corrected chi connectivity index (χ0v) is 10.6. The fourth-order valence-corrected chi connectivity index (χ4v) is 1.62. The van der Waals surface area contributed by atoms with Crippen molar-refractivity contribution in [2.75, 3.05) is 11.1 Å². The van der Waals surface area contributed by atoms with Crippen LogP contribution in [-0.4, -0.2) is 11.0 Å². The Morgan fingerprint density at radius 3 is 2.55 bits per heavy atom. The first-order chi connectivity index (χ1) is 9.38. The summed E-state index contributed by atoms with van der Waals surface area (Å²) in [6.45, 7) is 1.42. The summed E-state index contributed by atoms with van der Waals surface area (Å²) in [6.07, 6.45) is 0. The zero-order valence-electron chi connectivity index (χ0n) is 10.6. The van der Waals surface area contributed by atoms with Crippen LogP contribution in [0.4, 0.5) is 20.2 Å². The van der Waals surface area contributed by atoms with Gasteiger partial charge in [-0.1, -0.05) is 0 Å². The molecule has 0 atom stereocenters. The van der Waals surface area contributed by atoms with E-state index in [9.17, 15) is 18.7 Å². The Kier molecular flexibility index (Phi) is 3.56. The van der Waals surface area contributed by atoms with Gasteiger partial charge in [0.15, 0.2) is 0 Å². The SMILES string of the molecule is Cc1cc(F)c(NC(=O)c2ccc(N)c(O)c2)cc1F. The van der Waals surface area contributed by atoms with Gasteiger partial charge in [-0.25, -0.2) is 8.78 Å². The number of halogens is 2. The van der Waals surface area contributed by atoms with Crippen LogP contribution in [0.5, 0.6) is 5.75 Å².